The molecule has 1 aromatic carbocycles. The summed E-state index contributed by atoms with van der Waals surface area (Å²) in [5.41, 5.74) is 0.0726. The highest BCUT2D eigenvalue weighted by molar-refractivity contribution is 7.90. The number of likely N-dealkylation sites (N-methyl/N-ethyl adjacent to an activating group) is 1. The van der Waals surface area contributed by atoms with E-state index in [0.717, 1.165) is 11.1 Å². The zero-order chi connectivity index (χ0) is 18.6. The molecule has 0 atom stereocenters. The number of nitrogens with zero attached hydrogens (tertiary/aromatic N) is 1. The van der Waals surface area contributed by atoms with Gasteiger partial charge < -0.3 is 9.64 Å². The van der Waals surface area contributed by atoms with Gasteiger partial charge in [-0.2, -0.15) is 0 Å². The summed E-state index contributed by atoms with van der Waals surface area (Å²) < 4.78 is 28.6. The molecule has 1 aromatic heterocycles. The molecule has 2 aromatic rings. The van der Waals surface area contributed by atoms with E-state index in [1.54, 1.807) is 13.1 Å². The Kier molecular flexibility index (Phi) is 6.21. The maximum absolute atomic E-state index is 12.0. The predicted molar refractivity (Wildman–Crippen MR) is 95.6 cm³/mol. The van der Waals surface area contributed by atoms with Crippen molar-refractivity contribution in [2.45, 2.75) is 11.4 Å². The molecule has 2 rings (SSSR count). The molecule has 1 amide bonds. The minimum atomic E-state index is -3.43. The van der Waals surface area contributed by atoms with Gasteiger partial charge in [0.15, 0.2) is 16.4 Å². The minimum absolute atomic E-state index is 0.0139. The van der Waals surface area contributed by atoms with Crippen molar-refractivity contribution in [3.05, 3.63) is 51.2 Å². The molecule has 134 valence electrons. The van der Waals surface area contributed by atoms with Crippen LogP contribution in [-0.4, -0.2) is 45.1 Å². The second-order valence-electron chi connectivity index (χ2n) is 5.33. The van der Waals surface area contributed by atoms with E-state index in [-0.39, 0.29) is 16.4 Å². The first-order valence-electron chi connectivity index (χ1n) is 7.12. The van der Waals surface area contributed by atoms with Crippen LogP contribution in [0, 0.1) is 0 Å². The Morgan fingerprint density at radius 3 is 2.56 bits per heavy atom. The van der Waals surface area contributed by atoms with Gasteiger partial charge in [0, 0.05) is 18.2 Å². The summed E-state index contributed by atoms with van der Waals surface area (Å²) >= 11 is 7.21. The number of hydrogen-bond acceptors (Lipinski definition) is 6. The number of carbonyl (C=O) groups excluding carboxylic acids is 2. The Balaban J connectivity index is 1.94. The van der Waals surface area contributed by atoms with E-state index in [1.807, 2.05) is 6.07 Å². The van der Waals surface area contributed by atoms with Gasteiger partial charge in [0.2, 0.25) is 0 Å². The molecule has 0 aliphatic heterocycles. The molecule has 0 saturated carbocycles. The molecule has 9 heteroatoms. The maximum Gasteiger partial charge on any atom is 0.338 e. The molecule has 0 aliphatic carbocycles. The fraction of sp³-hybridized carbons (Fsp3) is 0.250. The number of benzene rings is 1. The van der Waals surface area contributed by atoms with Crippen LogP contribution < -0.4 is 0 Å². The van der Waals surface area contributed by atoms with Gasteiger partial charge in [-0.05, 0) is 30.3 Å². The van der Waals surface area contributed by atoms with E-state index in [4.69, 9.17) is 16.3 Å². The minimum Gasteiger partial charge on any atom is -0.452 e. The average Bonchev–Trinajstić information content (AvgIpc) is 2.96. The lowest BCUT2D eigenvalue weighted by atomic mass is 10.2. The van der Waals surface area contributed by atoms with Gasteiger partial charge in [0.25, 0.3) is 5.91 Å². The van der Waals surface area contributed by atoms with Crippen molar-refractivity contribution in [3.63, 3.8) is 0 Å². The third kappa shape index (κ3) is 5.55. The summed E-state index contributed by atoms with van der Waals surface area (Å²) in [7, 11) is -1.84. The van der Waals surface area contributed by atoms with E-state index in [2.05, 4.69) is 0 Å². The van der Waals surface area contributed by atoms with Gasteiger partial charge in [0.05, 0.1) is 21.3 Å². The van der Waals surface area contributed by atoms with E-state index >= 15 is 0 Å². The maximum atomic E-state index is 12.0. The second kappa shape index (κ2) is 7.99. The average molecular weight is 402 g/mol. The molecule has 0 unspecified atom stereocenters. The van der Waals surface area contributed by atoms with Gasteiger partial charge in [-0.15, -0.1) is 11.3 Å². The zero-order valence-corrected chi connectivity index (χ0v) is 16.0. The molecule has 0 aliphatic rings. The lowest BCUT2D eigenvalue weighted by molar-refractivity contribution is -0.133. The SMILES string of the molecule is CN(Cc1ccc(Cl)s1)C(=O)COC(=O)c1cccc(S(C)(=O)=O)c1. The van der Waals surface area contributed by atoms with Crippen molar-refractivity contribution in [1.82, 2.24) is 4.90 Å². The second-order valence-corrected chi connectivity index (χ2v) is 9.15. The summed E-state index contributed by atoms with van der Waals surface area (Å²) in [5.74, 6) is -1.14. The molecule has 0 spiro atoms. The molecule has 0 saturated heterocycles. The van der Waals surface area contributed by atoms with Crippen molar-refractivity contribution in [3.8, 4) is 0 Å². The molecule has 1 heterocycles. The molecule has 0 N–H and O–H groups in total. The van der Waals surface area contributed by atoms with Crippen LogP contribution >= 0.6 is 22.9 Å². The highest BCUT2D eigenvalue weighted by Gasteiger charge is 2.16. The van der Waals surface area contributed by atoms with Gasteiger partial charge in [-0.1, -0.05) is 17.7 Å². The number of carbonyl (C=O) groups is 2. The number of ether oxygens (including phenoxy) is 1. The first-order chi connectivity index (χ1) is 11.7. The van der Waals surface area contributed by atoms with E-state index in [9.17, 15) is 18.0 Å². The highest BCUT2D eigenvalue weighted by Crippen LogP contribution is 2.22. The van der Waals surface area contributed by atoms with Crippen molar-refractivity contribution < 1.29 is 22.7 Å². The summed E-state index contributed by atoms with van der Waals surface area (Å²) in [6.07, 6.45) is 1.05. The highest BCUT2D eigenvalue weighted by atomic mass is 35.5. The summed E-state index contributed by atoms with van der Waals surface area (Å²) in [6, 6.07) is 9.05. The largest absolute Gasteiger partial charge is 0.452 e. The molecular weight excluding hydrogens is 386 g/mol. The van der Waals surface area contributed by atoms with Crippen molar-refractivity contribution in [2.75, 3.05) is 19.9 Å². The number of sulfone groups is 1. The Morgan fingerprint density at radius 1 is 1.24 bits per heavy atom. The van der Waals surface area contributed by atoms with Crippen LogP contribution in [0.5, 0.6) is 0 Å². The van der Waals surface area contributed by atoms with Crippen LogP contribution in [0.1, 0.15) is 15.2 Å². The first-order valence-corrected chi connectivity index (χ1v) is 10.2. The normalized spacial score (nSPS) is 11.2. The van der Waals surface area contributed by atoms with E-state index < -0.39 is 22.4 Å². The summed E-state index contributed by atoms with van der Waals surface area (Å²) in [5, 5.41) is 0. The van der Waals surface area contributed by atoms with Crippen molar-refractivity contribution in [1.29, 1.82) is 0 Å². The number of rotatable bonds is 6. The smallest absolute Gasteiger partial charge is 0.338 e. The fourth-order valence-corrected chi connectivity index (χ4v) is 3.74. The van der Waals surface area contributed by atoms with Crippen LogP contribution in [0.3, 0.4) is 0 Å². The lowest BCUT2D eigenvalue weighted by Crippen LogP contribution is -2.30. The van der Waals surface area contributed by atoms with Gasteiger partial charge in [0.1, 0.15) is 0 Å². The number of hydrogen-bond donors (Lipinski definition) is 0. The van der Waals surface area contributed by atoms with Crippen LogP contribution in [0.4, 0.5) is 0 Å². The topological polar surface area (TPSA) is 80.8 Å². The van der Waals surface area contributed by atoms with Crippen molar-refractivity contribution in [2.24, 2.45) is 0 Å². The molecule has 6 nitrogen and oxygen atoms in total. The quantitative estimate of drug-likeness (QED) is 0.695. The van der Waals surface area contributed by atoms with Crippen LogP contribution in [0.15, 0.2) is 41.3 Å². The Hall–Kier alpha value is -1.90. The molecule has 0 radical (unpaired) electrons. The van der Waals surface area contributed by atoms with E-state index in [1.165, 1.54) is 40.5 Å². The molecular formula is C16H16ClNO5S2. The first kappa shape index (κ1) is 19.4. The van der Waals surface area contributed by atoms with Gasteiger partial charge >= 0.3 is 5.97 Å². The third-order valence-electron chi connectivity index (χ3n) is 3.27. The Bertz CT molecular complexity index is 891. The van der Waals surface area contributed by atoms with Gasteiger partial charge in [-0.3, -0.25) is 4.79 Å². The molecule has 0 bridgehead atoms. The van der Waals surface area contributed by atoms with Gasteiger partial charge in [-0.25, -0.2) is 13.2 Å². The molecule has 25 heavy (non-hydrogen) atoms. The number of halogens is 1. The van der Waals surface area contributed by atoms with Crippen LogP contribution in [0.2, 0.25) is 4.34 Å². The zero-order valence-electron chi connectivity index (χ0n) is 13.6. The monoisotopic (exact) mass is 401 g/mol. The number of amides is 1. The number of esters is 1. The molecule has 0 fully saturated rings. The summed E-state index contributed by atoms with van der Waals surface area (Å²) in [4.78, 5) is 26.4. The Labute approximate surface area is 154 Å². The lowest BCUT2D eigenvalue weighted by Gasteiger charge is -2.16. The fourth-order valence-electron chi connectivity index (χ4n) is 1.93. The standard InChI is InChI=1S/C16H16ClNO5S2/c1-18(9-12-6-7-14(17)24-12)15(19)10-23-16(20)11-4-3-5-13(8-11)25(2,21)22/h3-8H,9-10H2,1-2H3. The van der Waals surface area contributed by atoms with E-state index in [0.29, 0.717) is 10.9 Å². The Morgan fingerprint density at radius 2 is 1.96 bits per heavy atom. The van der Waals surface area contributed by atoms with Crippen LogP contribution in [-0.2, 0) is 25.9 Å². The third-order valence-corrected chi connectivity index (χ3v) is 5.60. The number of thiophene rings is 1. The van der Waals surface area contributed by atoms with Crippen LogP contribution in [0.25, 0.3) is 0 Å². The van der Waals surface area contributed by atoms with Crippen molar-refractivity contribution >= 4 is 44.7 Å². The summed E-state index contributed by atoms with van der Waals surface area (Å²) in [6.45, 7) is -0.0745. The predicted octanol–water partition coefficient (Wildman–Crippen LogP) is 2.62.